The molecule has 0 unspecified atom stereocenters. The van der Waals surface area contributed by atoms with Gasteiger partial charge in [0.2, 0.25) is 0 Å². The number of rotatable bonds is 6. The Kier molecular flexibility index (Phi) is 7.68. The monoisotopic (exact) mass is 425 g/mol. The molecule has 0 saturated carbocycles. The van der Waals surface area contributed by atoms with Crippen molar-refractivity contribution in [3.8, 4) is 5.75 Å². The molecule has 0 aliphatic carbocycles. The van der Waals surface area contributed by atoms with Gasteiger partial charge in [-0.1, -0.05) is 12.1 Å². The van der Waals surface area contributed by atoms with E-state index < -0.39 is 10.0 Å². The molecule has 0 aromatic heterocycles. The number of sulfonamides is 1. The number of ether oxygens (including phenoxy) is 1. The van der Waals surface area contributed by atoms with Crippen molar-refractivity contribution in [2.75, 3.05) is 24.9 Å². The highest BCUT2D eigenvalue weighted by atomic mass is 35.5. The predicted molar refractivity (Wildman–Crippen MR) is 111 cm³/mol. The number of amides is 1. The molecule has 1 atom stereocenters. The van der Waals surface area contributed by atoms with Crippen LogP contribution in [0.1, 0.15) is 23.2 Å². The minimum Gasteiger partial charge on any atom is -0.495 e. The number of methoxy groups -OCH3 is 1. The summed E-state index contributed by atoms with van der Waals surface area (Å²) in [6.45, 7) is 1.72. The lowest BCUT2D eigenvalue weighted by Gasteiger charge is -2.23. The van der Waals surface area contributed by atoms with Gasteiger partial charge in [0, 0.05) is 18.2 Å². The van der Waals surface area contributed by atoms with E-state index in [1.54, 1.807) is 24.3 Å². The fourth-order valence-corrected chi connectivity index (χ4v) is 4.03. The van der Waals surface area contributed by atoms with Gasteiger partial charge in [-0.3, -0.25) is 9.52 Å². The van der Waals surface area contributed by atoms with Crippen LogP contribution < -0.4 is 20.1 Å². The maximum absolute atomic E-state index is 12.6. The molecular formula is C19H24ClN3O4S. The van der Waals surface area contributed by atoms with Crippen molar-refractivity contribution >= 4 is 34.0 Å². The molecule has 2 aromatic carbocycles. The number of benzene rings is 2. The third-order valence-corrected chi connectivity index (χ3v) is 5.79. The minimum absolute atomic E-state index is 0. The van der Waals surface area contributed by atoms with Gasteiger partial charge < -0.3 is 15.4 Å². The maximum Gasteiger partial charge on any atom is 0.262 e. The van der Waals surface area contributed by atoms with Crippen LogP contribution in [0.2, 0.25) is 0 Å². The molecule has 9 heteroatoms. The first-order valence-electron chi connectivity index (χ1n) is 8.77. The number of anilines is 1. The summed E-state index contributed by atoms with van der Waals surface area (Å²) in [7, 11) is -2.31. The van der Waals surface area contributed by atoms with Crippen molar-refractivity contribution in [3.05, 3.63) is 54.1 Å². The summed E-state index contributed by atoms with van der Waals surface area (Å²) in [6, 6.07) is 12.7. The molecule has 1 fully saturated rings. The first-order valence-corrected chi connectivity index (χ1v) is 10.3. The van der Waals surface area contributed by atoms with Gasteiger partial charge in [-0.25, -0.2) is 8.42 Å². The molecule has 0 spiro atoms. The Morgan fingerprint density at radius 3 is 2.50 bits per heavy atom. The quantitative estimate of drug-likeness (QED) is 0.660. The van der Waals surface area contributed by atoms with Crippen LogP contribution in [0.5, 0.6) is 5.75 Å². The van der Waals surface area contributed by atoms with Crippen molar-refractivity contribution < 1.29 is 17.9 Å². The first kappa shape index (κ1) is 22.0. The van der Waals surface area contributed by atoms with E-state index in [2.05, 4.69) is 15.4 Å². The number of hydrogen-bond donors (Lipinski definition) is 3. The van der Waals surface area contributed by atoms with Gasteiger partial charge in [-0.15, -0.1) is 12.4 Å². The molecule has 2 aromatic rings. The van der Waals surface area contributed by atoms with Crippen LogP contribution in [-0.2, 0) is 10.0 Å². The smallest absolute Gasteiger partial charge is 0.262 e. The molecule has 28 heavy (non-hydrogen) atoms. The molecule has 1 amide bonds. The van der Waals surface area contributed by atoms with Gasteiger partial charge in [0.15, 0.2) is 0 Å². The minimum atomic E-state index is -3.79. The summed E-state index contributed by atoms with van der Waals surface area (Å²) >= 11 is 0. The average molecular weight is 426 g/mol. The van der Waals surface area contributed by atoms with Gasteiger partial charge in [0.1, 0.15) is 5.75 Å². The molecule has 1 saturated heterocycles. The molecule has 1 aliphatic heterocycles. The molecule has 3 N–H and O–H groups in total. The standard InChI is InChI=1S/C19H23N3O4S.ClH/c1-26-18-7-3-2-6-17(18)22-27(24,25)16-10-8-14(9-11-16)19(23)21-15-5-4-12-20-13-15;/h2-3,6-11,15,20,22H,4-5,12-13H2,1H3,(H,21,23);1H/t15-;/m0./s1. The molecule has 1 aliphatic rings. The Bertz CT molecular complexity index is 898. The molecular weight excluding hydrogens is 402 g/mol. The zero-order valence-electron chi connectivity index (χ0n) is 15.5. The van der Waals surface area contributed by atoms with Crippen LogP contribution in [-0.4, -0.2) is 40.6 Å². The van der Waals surface area contributed by atoms with Gasteiger partial charge >= 0.3 is 0 Å². The fourth-order valence-electron chi connectivity index (χ4n) is 2.96. The number of halogens is 1. The summed E-state index contributed by atoms with van der Waals surface area (Å²) in [5.41, 5.74) is 0.781. The van der Waals surface area contributed by atoms with E-state index in [0.29, 0.717) is 17.0 Å². The summed E-state index contributed by atoms with van der Waals surface area (Å²) in [5, 5.41) is 6.21. The zero-order valence-corrected chi connectivity index (χ0v) is 17.1. The van der Waals surface area contributed by atoms with E-state index in [1.165, 1.54) is 31.4 Å². The Balaban J connectivity index is 0.00000280. The van der Waals surface area contributed by atoms with E-state index in [4.69, 9.17) is 4.74 Å². The Hall–Kier alpha value is -2.29. The highest BCUT2D eigenvalue weighted by Gasteiger charge is 2.19. The van der Waals surface area contributed by atoms with Crippen LogP contribution in [0, 0.1) is 0 Å². The van der Waals surface area contributed by atoms with Crippen molar-refractivity contribution in [2.45, 2.75) is 23.8 Å². The summed E-state index contributed by atoms with van der Waals surface area (Å²) < 4.78 is 32.9. The summed E-state index contributed by atoms with van der Waals surface area (Å²) in [4.78, 5) is 12.4. The molecule has 152 valence electrons. The van der Waals surface area contributed by atoms with Crippen molar-refractivity contribution in [2.24, 2.45) is 0 Å². The normalized spacial score (nSPS) is 16.5. The molecule has 0 radical (unpaired) electrons. The molecule has 3 rings (SSSR count). The second-order valence-electron chi connectivity index (χ2n) is 6.35. The van der Waals surface area contributed by atoms with Gasteiger partial charge in [0.25, 0.3) is 15.9 Å². The first-order chi connectivity index (χ1) is 13.0. The number of carbonyl (C=O) groups excluding carboxylic acids is 1. The van der Waals surface area contributed by atoms with Crippen LogP contribution in [0.25, 0.3) is 0 Å². The highest BCUT2D eigenvalue weighted by Crippen LogP contribution is 2.26. The third-order valence-electron chi connectivity index (χ3n) is 4.41. The second-order valence-corrected chi connectivity index (χ2v) is 8.03. The van der Waals surface area contributed by atoms with Crippen LogP contribution in [0.3, 0.4) is 0 Å². The number of para-hydroxylation sites is 2. The number of carbonyl (C=O) groups is 1. The third kappa shape index (κ3) is 5.37. The summed E-state index contributed by atoms with van der Waals surface area (Å²) in [5.74, 6) is 0.225. The molecule has 0 bridgehead atoms. The summed E-state index contributed by atoms with van der Waals surface area (Å²) in [6.07, 6.45) is 1.96. The Labute approximate surface area is 171 Å². The number of hydrogen-bond acceptors (Lipinski definition) is 5. The lowest BCUT2D eigenvalue weighted by molar-refractivity contribution is 0.0930. The number of nitrogens with one attached hydrogen (secondary N) is 3. The topological polar surface area (TPSA) is 96.5 Å². The zero-order chi connectivity index (χ0) is 19.3. The van der Waals surface area contributed by atoms with Crippen LogP contribution in [0.15, 0.2) is 53.4 Å². The Morgan fingerprint density at radius 2 is 1.86 bits per heavy atom. The van der Waals surface area contributed by atoms with Crippen molar-refractivity contribution in [3.63, 3.8) is 0 Å². The van der Waals surface area contributed by atoms with E-state index >= 15 is 0 Å². The number of piperidine rings is 1. The fraction of sp³-hybridized carbons (Fsp3) is 0.316. The van der Waals surface area contributed by atoms with Crippen LogP contribution in [0.4, 0.5) is 5.69 Å². The van der Waals surface area contributed by atoms with E-state index in [0.717, 1.165) is 25.9 Å². The van der Waals surface area contributed by atoms with Crippen LogP contribution >= 0.6 is 12.4 Å². The van der Waals surface area contributed by atoms with E-state index in [-0.39, 0.29) is 29.3 Å². The Morgan fingerprint density at radius 1 is 1.14 bits per heavy atom. The van der Waals surface area contributed by atoms with Crippen molar-refractivity contribution in [1.29, 1.82) is 0 Å². The second kappa shape index (κ2) is 9.77. The molecule has 7 nitrogen and oxygen atoms in total. The van der Waals surface area contributed by atoms with Gasteiger partial charge in [-0.2, -0.15) is 0 Å². The largest absolute Gasteiger partial charge is 0.495 e. The lowest BCUT2D eigenvalue weighted by Crippen LogP contribution is -2.45. The maximum atomic E-state index is 12.6. The van der Waals surface area contributed by atoms with Crippen molar-refractivity contribution in [1.82, 2.24) is 10.6 Å². The SMILES string of the molecule is COc1ccccc1NS(=O)(=O)c1ccc(C(=O)N[C@H]2CCCNC2)cc1.Cl. The van der Waals surface area contributed by atoms with E-state index in [1.807, 2.05) is 0 Å². The van der Waals surface area contributed by atoms with E-state index in [9.17, 15) is 13.2 Å². The highest BCUT2D eigenvalue weighted by molar-refractivity contribution is 7.92. The lowest BCUT2D eigenvalue weighted by atomic mass is 10.1. The predicted octanol–water partition coefficient (Wildman–Crippen LogP) is 2.40. The molecule has 1 heterocycles. The van der Waals surface area contributed by atoms with Gasteiger partial charge in [0.05, 0.1) is 17.7 Å². The average Bonchev–Trinajstić information content (AvgIpc) is 2.69. The van der Waals surface area contributed by atoms with Gasteiger partial charge in [-0.05, 0) is 55.8 Å².